The number of H-pyrrole nitrogens is 1. The first-order valence-corrected chi connectivity index (χ1v) is 7.27. The smallest absolute Gasteiger partial charge is 0.256 e. The second-order valence-corrected chi connectivity index (χ2v) is 5.73. The molecule has 6 heteroatoms. The summed E-state index contributed by atoms with van der Waals surface area (Å²) >= 11 is 0. The minimum Gasteiger partial charge on any atom is -0.383 e. The lowest BCUT2D eigenvalue weighted by molar-refractivity contribution is 0.113. The Hall–Kier alpha value is -1.40. The van der Waals surface area contributed by atoms with Crippen LogP contribution in [-0.4, -0.2) is 59.5 Å². The topological polar surface area (TPSA) is 78.2 Å². The van der Waals surface area contributed by atoms with E-state index in [0.29, 0.717) is 29.7 Å². The number of aromatic nitrogens is 2. The molecule has 2 rings (SSSR count). The van der Waals surface area contributed by atoms with Crippen molar-refractivity contribution < 1.29 is 0 Å². The maximum Gasteiger partial charge on any atom is 0.256 e. The van der Waals surface area contributed by atoms with Gasteiger partial charge in [0.05, 0.1) is 5.56 Å². The second-order valence-electron chi connectivity index (χ2n) is 5.73. The summed E-state index contributed by atoms with van der Waals surface area (Å²) in [7, 11) is 4.24. The zero-order chi connectivity index (χ0) is 14.7. The Morgan fingerprint density at radius 1 is 1.40 bits per heavy atom. The Morgan fingerprint density at radius 3 is 2.80 bits per heavy atom. The fraction of sp³-hybridized carbons (Fsp3) is 0.714. The highest BCUT2D eigenvalue weighted by Crippen LogP contribution is 2.12. The molecule has 0 aliphatic carbocycles. The van der Waals surface area contributed by atoms with E-state index in [2.05, 4.69) is 33.9 Å². The van der Waals surface area contributed by atoms with Gasteiger partial charge in [-0.05, 0) is 20.5 Å². The average Bonchev–Trinajstić information content (AvgIpc) is 2.38. The van der Waals surface area contributed by atoms with Crippen molar-refractivity contribution in [2.45, 2.75) is 32.2 Å². The molecule has 112 valence electrons. The molecule has 0 aromatic carbocycles. The van der Waals surface area contributed by atoms with Gasteiger partial charge in [-0.3, -0.25) is 4.79 Å². The van der Waals surface area contributed by atoms with E-state index >= 15 is 0 Å². The maximum absolute atomic E-state index is 12.0. The number of nitrogens with zero attached hydrogens (tertiary/aromatic N) is 3. The quantitative estimate of drug-likeness (QED) is 0.817. The molecule has 0 radical (unpaired) electrons. The number of nitrogens with two attached hydrogens (primary N) is 1. The van der Waals surface area contributed by atoms with Gasteiger partial charge in [0.2, 0.25) is 0 Å². The molecule has 0 saturated carbocycles. The summed E-state index contributed by atoms with van der Waals surface area (Å²) in [5.41, 5.74) is 6.45. The van der Waals surface area contributed by atoms with Gasteiger partial charge >= 0.3 is 0 Å². The number of nitrogens with one attached hydrogen (secondary N) is 1. The molecule has 0 spiro atoms. The molecule has 1 aromatic heterocycles. The molecule has 1 aromatic rings. The van der Waals surface area contributed by atoms with Gasteiger partial charge < -0.3 is 20.5 Å². The van der Waals surface area contributed by atoms with Crippen molar-refractivity contribution in [3.05, 3.63) is 21.7 Å². The third kappa shape index (κ3) is 3.37. The zero-order valence-corrected chi connectivity index (χ0v) is 12.6. The van der Waals surface area contributed by atoms with E-state index in [1.165, 1.54) is 0 Å². The number of anilines is 1. The van der Waals surface area contributed by atoms with Crippen LogP contribution >= 0.6 is 0 Å². The van der Waals surface area contributed by atoms with Gasteiger partial charge in [0, 0.05) is 32.1 Å². The Balaban J connectivity index is 2.15. The summed E-state index contributed by atoms with van der Waals surface area (Å²) in [6.45, 7) is 5.12. The Kier molecular flexibility index (Phi) is 4.77. The molecule has 1 unspecified atom stereocenters. The largest absolute Gasteiger partial charge is 0.383 e. The van der Waals surface area contributed by atoms with Gasteiger partial charge in [-0.1, -0.05) is 13.3 Å². The number of rotatable bonds is 4. The van der Waals surface area contributed by atoms with Crippen LogP contribution in [0.15, 0.2) is 4.79 Å². The minimum absolute atomic E-state index is 0.0823. The van der Waals surface area contributed by atoms with Crippen molar-refractivity contribution in [1.82, 2.24) is 19.8 Å². The molecule has 1 atom stereocenters. The lowest BCUT2D eigenvalue weighted by Crippen LogP contribution is -2.51. The van der Waals surface area contributed by atoms with Gasteiger partial charge in [0.25, 0.3) is 5.56 Å². The van der Waals surface area contributed by atoms with Gasteiger partial charge in [0.15, 0.2) is 0 Å². The molecule has 1 saturated heterocycles. The summed E-state index contributed by atoms with van der Waals surface area (Å²) in [5.74, 6) is 1.08. The molecule has 3 N–H and O–H groups in total. The van der Waals surface area contributed by atoms with E-state index in [9.17, 15) is 4.79 Å². The number of aromatic amines is 1. The van der Waals surface area contributed by atoms with Crippen molar-refractivity contribution in [2.75, 3.05) is 39.5 Å². The van der Waals surface area contributed by atoms with E-state index in [0.717, 1.165) is 32.5 Å². The molecular weight excluding hydrogens is 254 g/mol. The number of hydrogen-bond donors (Lipinski definition) is 2. The van der Waals surface area contributed by atoms with Crippen LogP contribution in [0.2, 0.25) is 0 Å². The first-order valence-electron chi connectivity index (χ1n) is 7.27. The van der Waals surface area contributed by atoms with Crippen molar-refractivity contribution in [1.29, 1.82) is 0 Å². The van der Waals surface area contributed by atoms with Crippen molar-refractivity contribution in [2.24, 2.45) is 0 Å². The minimum atomic E-state index is -0.0823. The summed E-state index contributed by atoms with van der Waals surface area (Å²) in [6.07, 6.45) is 2.30. The number of piperazine rings is 1. The predicted octanol–water partition coefficient (Wildman–Crippen LogP) is 0.0929. The molecular formula is C14H25N5O. The number of nitrogen functional groups attached to an aromatic ring is 1. The van der Waals surface area contributed by atoms with Crippen LogP contribution in [-0.2, 0) is 12.8 Å². The van der Waals surface area contributed by atoms with Crippen molar-refractivity contribution in [3.8, 4) is 0 Å². The highest BCUT2D eigenvalue weighted by atomic mass is 16.1. The van der Waals surface area contributed by atoms with Gasteiger partial charge in [-0.15, -0.1) is 0 Å². The fourth-order valence-corrected chi connectivity index (χ4v) is 2.70. The molecule has 20 heavy (non-hydrogen) atoms. The maximum atomic E-state index is 12.0. The van der Waals surface area contributed by atoms with Crippen LogP contribution in [0.5, 0.6) is 0 Å². The second kappa shape index (κ2) is 6.37. The van der Waals surface area contributed by atoms with Crippen LogP contribution in [0, 0.1) is 0 Å². The van der Waals surface area contributed by atoms with E-state index < -0.39 is 0 Å². The van der Waals surface area contributed by atoms with Gasteiger partial charge in [0.1, 0.15) is 11.6 Å². The van der Waals surface area contributed by atoms with E-state index in [-0.39, 0.29) is 5.56 Å². The number of likely N-dealkylation sites (N-methyl/N-ethyl adjacent to an activating group) is 2. The van der Waals surface area contributed by atoms with Gasteiger partial charge in [-0.2, -0.15) is 0 Å². The Morgan fingerprint density at radius 2 is 2.15 bits per heavy atom. The monoisotopic (exact) mass is 279 g/mol. The number of hydrogen-bond acceptors (Lipinski definition) is 5. The van der Waals surface area contributed by atoms with E-state index in [1.807, 2.05) is 6.92 Å². The molecule has 0 bridgehead atoms. The summed E-state index contributed by atoms with van der Waals surface area (Å²) in [5, 5.41) is 0. The molecule has 0 amide bonds. The van der Waals surface area contributed by atoms with Crippen molar-refractivity contribution in [3.63, 3.8) is 0 Å². The lowest BCUT2D eigenvalue weighted by atomic mass is 10.1. The molecule has 1 aliphatic heterocycles. The summed E-state index contributed by atoms with van der Waals surface area (Å²) in [4.78, 5) is 23.9. The predicted molar refractivity (Wildman–Crippen MR) is 80.9 cm³/mol. The van der Waals surface area contributed by atoms with Crippen LogP contribution in [0.1, 0.15) is 24.7 Å². The SMILES string of the molecule is CCCc1c(N)nc(CC2CN(C)CCN2C)[nH]c1=O. The molecule has 1 fully saturated rings. The van der Waals surface area contributed by atoms with Gasteiger partial charge in [-0.25, -0.2) is 4.98 Å². The van der Waals surface area contributed by atoms with Crippen LogP contribution < -0.4 is 11.3 Å². The average molecular weight is 279 g/mol. The molecule has 1 aliphatic rings. The van der Waals surface area contributed by atoms with Crippen molar-refractivity contribution >= 4 is 5.82 Å². The van der Waals surface area contributed by atoms with E-state index in [1.54, 1.807) is 0 Å². The summed E-state index contributed by atoms with van der Waals surface area (Å²) in [6, 6.07) is 0.369. The highest BCUT2D eigenvalue weighted by Gasteiger charge is 2.23. The Labute approximate surface area is 120 Å². The van der Waals surface area contributed by atoms with Crippen LogP contribution in [0.4, 0.5) is 5.82 Å². The highest BCUT2D eigenvalue weighted by molar-refractivity contribution is 5.37. The third-order valence-corrected chi connectivity index (χ3v) is 4.01. The molecule has 2 heterocycles. The first-order chi connectivity index (χ1) is 9.51. The van der Waals surface area contributed by atoms with E-state index in [4.69, 9.17) is 5.73 Å². The normalized spacial score (nSPS) is 21.2. The molecule has 6 nitrogen and oxygen atoms in total. The zero-order valence-electron chi connectivity index (χ0n) is 12.6. The lowest BCUT2D eigenvalue weighted by Gasteiger charge is -2.37. The van der Waals surface area contributed by atoms with Crippen LogP contribution in [0.25, 0.3) is 0 Å². The van der Waals surface area contributed by atoms with Crippen LogP contribution in [0.3, 0.4) is 0 Å². The third-order valence-electron chi connectivity index (χ3n) is 4.01. The summed E-state index contributed by atoms with van der Waals surface area (Å²) < 4.78 is 0. The Bertz CT molecular complexity index is 513. The standard InChI is InChI=1S/C14H25N5O/c1-4-5-11-13(15)16-12(17-14(11)20)8-10-9-18(2)6-7-19(10)3/h10H,4-9H2,1-3H3,(H3,15,16,17,20). The fourth-order valence-electron chi connectivity index (χ4n) is 2.70. The first kappa shape index (κ1) is 15.0.